The highest BCUT2D eigenvalue weighted by molar-refractivity contribution is 5.81. The molecule has 0 rings (SSSR count). The Morgan fingerprint density at radius 3 is 2.25 bits per heavy atom. The van der Waals surface area contributed by atoms with Crippen molar-refractivity contribution in [1.29, 1.82) is 0 Å². The van der Waals surface area contributed by atoms with Gasteiger partial charge < -0.3 is 10.1 Å². The van der Waals surface area contributed by atoms with E-state index in [1.54, 1.807) is 13.8 Å². The molecule has 16 heavy (non-hydrogen) atoms. The van der Waals surface area contributed by atoms with Crippen molar-refractivity contribution in [2.45, 2.75) is 34.1 Å². The number of hydrogen-bond donors (Lipinski definition) is 1. The molecule has 0 saturated heterocycles. The van der Waals surface area contributed by atoms with Gasteiger partial charge in [-0.3, -0.25) is 9.59 Å². The maximum Gasteiger partial charge on any atom is 0.315 e. The van der Waals surface area contributed by atoms with E-state index in [1.165, 1.54) is 0 Å². The van der Waals surface area contributed by atoms with Gasteiger partial charge in [0, 0.05) is 12.1 Å². The van der Waals surface area contributed by atoms with Crippen LogP contribution in [0, 0.1) is 11.8 Å². The lowest BCUT2D eigenvalue weighted by atomic mass is 9.93. The molecule has 0 heterocycles. The zero-order valence-corrected chi connectivity index (χ0v) is 10.5. The first-order valence-electron chi connectivity index (χ1n) is 5.59. The normalized spacial score (nSPS) is 12.1. The second-order valence-corrected chi connectivity index (χ2v) is 3.90. The maximum atomic E-state index is 11.7. The molecule has 0 fully saturated rings. The van der Waals surface area contributed by atoms with E-state index in [1.807, 2.05) is 13.8 Å². The Morgan fingerprint density at radius 2 is 1.88 bits per heavy atom. The molecule has 1 N–H and O–H groups in total. The number of carbonyl (C=O) groups excluding carboxylic acids is 2. The number of ether oxygens (including phenoxy) is 1. The van der Waals surface area contributed by atoms with E-state index in [0.29, 0.717) is 18.7 Å². The fourth-order valence-electron chi connectivity index (χ4n) is 1.39. The summed E-state index contributed by atoms with van der Waals surface area (Å²) in [4.78, 5) is 22.9. The molecular formula is C12H21NO3. The van der Waals surface area contributed by atoms with Gasteiger partial charge in [-0.25, -0.2) is 0 Å². The molecule has 4 nitrogen and oxygen atoms in total. The van der Waals surface area contributed by atoms with Gasteiger partial charge in [-0.15, -0.1) is 0 Å². The van der Waals surface area contributed by atoms with Crippen LogP contribution in [-0.4, -0.2) is 18.5 Å². The average Bonchev–Trinajstić information content (AvgIpc) is 2.17. The van der Waals surface area contributed by atoms with Gasteiger partial charge in [0.1, 0.15) is 0 Å². The third-order valence-electron chi connectivity index (χ3n) is 2.20. The van der Waals surface area contributed by atoms with Gasteiger partial charge in [-0.1, -0.05) is 27.4 Å². The fraction of sp³-hybridized carbons (Fsp3) is 0.667. The molecule has 92 valence electrons. The van der Waals surface area contributed by atoms with E-state index in [2.05, 4.69) is 11.9 Å². The lowest BCUT2D eigenvalue weighted by Gasteiger charge is -2.21. The van der Waals surface area contributed by atoms with Gasteiger partial charge >= 0.3 is 5.97 Å². The van der Waals surface area contributed by atoms with Gasteiger partial charge in [0.05, 0.1) is 12.5 Å². The Hall–Kier alpha value is -1.32. The summed E-state index contributed by atoms with van der Waals surface area (Å²) < 4.78 is 4.95. The minimum absolute atomic E-state index is 0.0451. The molecule has 0 aromatic rings. The van der Waals surface area contributed by atoms with Crippen LogP contribution in [0.1, 0.15) is 34.1 Å². The highest BCUT2D eigenvalue weighted by atomic mass is 16.5. The molecule has 0 aliphatic heterocycles. The van der Waals surface area contributed by atoms with Crippen molar-refractivity contribution < 1.29 is 14.3 Å². The van der Waals surface area contributed by atoms with Crippen molar-refractivity contribution in [2.75, 3.05) is 6.61 Å². The molecule has 0 aromatic heterocycles. The number of nitrogens with one attached hydrogen (secondary N) is 1. The molecule has 1 unspecified atom stereocenters. The van der Waals surface area contributed by atoms with Crippen molar-refractivity contribution in [3.63, 3.8) is 0 Å². The molecule has 1 amide bonds. The van der Waals surface area contributed by atoms with Gasteiger partial charge in [-0.2, -0.15) is 0 Å². The minimum Gasteiger partial charge on any atom is -0.465 e. The second kappa shape index (κ2) is 7.04. The Balaban J connectivity index is 4.59. The second-order valence-electron chi connectivity index (χ2n) is 3.90. The summed E-state index contributed by atoms with van der Waals surface area (Å²) in [6.07, 6.45) is 0.368. The summed E-state index contributed by atoms with van der Waals surface area (Å²) in [6.45, 7) is 11.4. The summed E-state index contributed by atoms with van der Waals surface area (Å²) in [5, 5.41) is 2.62. The first-order valence-corrected chi connectivity index (χ1v) is 5.59. The van der Waals surface area contributed by atoms with Crippen LogP contribution < -0.4 is 5.32 Å². The van der Waals surface area contributed by atoms with Gasteiger partial charge in [0.25, 0.3) is 0 Å². The van der Waals surface area contributed by atoms with E-state index in [0.717, 1.165) is 0 Å². The topological polar surface area (TPSA) is 55.4 Å². The van der Waals surface area contributed by atoms with E-state index >= 15 is 0 Å². The van der Waals surface area contributed by atoms with Gasteiger partial charge in [-0.05, 0) is 12.8 Å². The number of amides is 1. The zero-order chi connectivity index (χ0) is 12.7. The largest absolute Gasteiger partial charge is 0.465 e. The Kier molecular flexibility index (Phi) is 6.46. The Bertz CT molecular complexity index is 271. The lowest BCUT2D eigenvalue weighted by molar-refractivity contribution is -0.148. The summed E-state index contributed by atoms with van der Waals surface area (Å²) in [5.74, 6) is -0.905. The van der Waals surface area contributed by atoms with Crippen LogP contribution in [-0.2, 0) is 14.3 Å². The standard InChI is InChI=1S/C12H21NO3/c1-6-10(14)13-9(5)11(8(3)4)12(15)16-7-2/h8,11H,5-7H2,1-4H3,(H,13,14). The highest BCUT2D eigenvalue weighted by Gasteiger charge is 2.27. The number of carbonyl (C=O) groups is 2. The number of esters is 1. The smallest absolute Gasteiger partial charge is 0.315 e. The van der Waals surface area contributed by atoms with Crippen molar-refractivity contribution in [3.05, 3.63) is 12.3 Å². The van der Waals surface area contributed by atoms with Gasteiger partial charge in [0.15, 0.2) is 0 Å². The summed E-state index contributed by atoms with van der Waals surface area (Å²) in [5.41, 5.74) is 0.417. The third-order valence-corrected chi connectivity index (χ3v) is 2.20. The predicted octanol–water partition coefficient (Wildman–Crippen LogP) is 1.86. The maximum absolute atomic E-state index is 11.7. The van der Waals surface area contributed by atoms with Crippen molar-refractivity contribution in [3.8, 4) is 0 Å². The van der Waals surface area contributed by atoms with Crippen LogP contribution in [0.4, 0.5) is 0 Å². The van der Waals surface area contributed by atoms with Crippen LogP contribution in [0.3, 0.4) is 0 Å². The highest BCUT2D eigenvalue weighted by Crippen LogP contribution is 2.19. The first kappa shape index (κ1) is 14.7. The third kappa shape index (κ3) is 4.47. The monoisotopic (exact) mass is 227 g/mol. The van der Waals surface area contributed by atoms with Crippen LogP contribution >= 0.6 is 0 Å². The van der Waals surface area contributed by atoms with E-state index < -0.39 is 5.92 Å². The van der Waals surface area contributed by atoms with Crippen LogP contribution in [0.15, 0.2) is 12.3 Å². The van der Waals surface area contributed by atoms with E-state index in [-0.39, 0.29) is 17.8 Å². The molecule has 0 aromatic carbocycles. The summed E-state index contributed by atoms with van der Waals surface area (Å²) >= 11 is 0. The van der Waals surface area contributed by atoms with Crippen molar-refractivity contribution in [2.24, 2.45) is 11.8 Å². The summed E-state index contributed by atoms with van der Waals surface area (Å²) in [7, 11) is 0. The van der Waals surface area contributed by atoms with E-state index in [4.69, 9.17) is 4.74 Å². The molecule has 4 heteroatoms. The van der Waals surface area contributed by atoms with Crippen LogP contribution in [0.2, 0.25) is 0 Å². The Labute approximate surface area is 97.1 Å². The molecule has 0 radical (unpaired) electrons. The molecule has 1 atom stereocenters. The number of rotatable bonds is 6. The molecule has 0 aliphatic rings. The summed E-state index contributed by atoms with van der Waals surface area (Å²) in [6, 6.07) is 0. The van der Waals surface area contributed by atoms with E-state index in [9.17, 15) is 9.59 Å². The lowest BCUT2D eigenvalue weighted by Crippen LogP contribution is -2.33. The molecular weight excluding hydrogens is 206 g/mol. The van der Waals surface area contributed by atoms with Crippen molar-refractivity contribution >= 4 is 11.9 Å². The van der Waals surface area contributed by atoms with Crippen LogP contribution in [0.25, 0.3) is 0 Å². The zero-order valence-electron chi connectivity index (χ0n) is 10.5. The Morgan fingerprint density at radius 1 is 1.31 bits per heavy atom. The average molecular weight is 227 g/mol. The SMILES string of the molecule is C=C(NC(=O)CC)C(C(=O)OCC)C(C)C. The first-order chi connectivity index (χ1) is 7.43. The predicted molar refractivity (Wildman–Crippen MR) is 62.5 cm³/mol. The fourth-order valence-corrected chi connectivity index (χ4v) is 1.39. The number of hydrogen-bond acceptors (Lipinski definition) is 3. The molecule has 0 aliphatic carbocycles. The quantitative estimate of drug-likeness (QED) is 0.705. The van der Waals surface area contributed by atoms with Gasteiger partial charge in [0.2, 0.25) is 5.91 Å². The van der Waals surface area contributed by atoms with Crippen molar-refractivity contribution in [1.82, 2.24) is 5.32 Å². The molecule has 0 saturated carbocycles. The molecule has 0 bridgehead atoms. The van der Waals surface area contributed by atoms with Crippen LogP contribution in [0.5, 0.6) is 0 Å². The minimum atomic E-state index is -0.476. The molecule has 0 spiro atoms.